The van der Waals surface area contributed by atoms with Crippen LogP contribution < -0.4 is 10.4 Å². The molecule has 10 nitrogen and oxygen atoms in total. The molecular formula is C22H27N5O5. The number of nitrogens with one attached hydrogen (secondary N) is 1. The molecule has 0 aliphatic carbocycles. The van der Waals surface area contributed by atoms with Crippen LogP contribution in [0.3, 0.4) is 0 Å². The van der Waals surface area contributed by atoms with Gasteiger partial charge in [0.05, 0.1) is 26.5 Å². The highest BCUT2D eigenvalue weighted by atomic mass is 16.5. The topological polar surface area (TPSA) is 112 Å². The van der Waals surface area contributed by atoms with Crippen molar-refractivity contribution in [1.29, 1.82) is 0 Å². The number of carbonyl (C=O) groups is 1. The zero-order valence-corrected chi connectivity index (χ0v) is 18.2. The first-order valence-electron chi connectivity index (χ1n) is 10.6. The molecule has 10 heteroatoms. The summed E-state index contributed by atoms with van der Waals surface area (Å²) in [4.78, 5) is 38.0. The van der Waals surface area contributed by atoms with Crippen LogP contribution in [0.15, 0.2) is 35.3 Å². The maximum absolute atomic E-state index is 12.5. The standard InChI is InChI=1S/C22H27N5O5/c1-30-9-10-32-21-23-12-17-19(25-21)27(22(29)24-17)14-16-6-3-5-15(11-16)13-26-8-4-7-18(26)20(28)31-2/h3,5-6,11-12,18H,4,7-10,13-14H2,1-2H3,(H,24,29). The van der Waals surface area contributed by atoms with Crippen molar-refractivity contribution in [3.63, 3.8) is 0 Å². The predicted octanol–water partition coefficient (Wildman–Crippen LogP) is 1.33. The predicted molar refractivity (Wildman–Crippen MR) is 117 cm³/mol. The van der Waals surface area contributed by atoms with E-state index in [1.807, 2.05) is 18.2 Å². The van der Waals surface area contributed by atoms with Crippen molar-refractivity contribution in [2.24, 2.45) is 0 Å². The van der Waals surface area contributed by atoms with Gasteiger partial charge in [-0.25, -0.2) is 9.78 Å². The molecular weight excluding hydrogens is 414 g/mol. The minimum Gasteiger partial charge on any atom is -0.468 e. The SMILES string of the molecule is COCCOc1ncc2[nH]c(=O)n(Cc3cccc(CN4CCCC4C(=O)OC)c3)c2n1. The number of benzene rings is 1. The second-order valence-electron chi connectivity index (χ2n) is 7.72. The lowest BCUT2D eigenvalue weighted by molar-refractivity contribution is -0.146. The fraction of sp³-hybridized carbons (Fsp3) is 0.455. The smallest absolute Gasteiger partial charge is 0.328 e. The van der Waals surface area contributed by atoms with Gasteiger partial charge in [-0.3, -0.25) is 14.3 Å². The maximum Gasteiger partial charge on any atom is 0.328 e. The van der Waals surface area contributed by atoms with Crippen LogP contribution in [0, 0.1) is 0 Å². The molecule has 1 aromatic carbocycles. The Balaban J connectivity index is 1.53. The van der Waals surface area contributed by atoms with Crippen molar-refractivity contribution in [3.05, 3.63) is 52.1 Å². The van der Waals surface area contributed by atoms with Gasteiger partial charge in [-0.05, 0) is 30.5 Å². The van der Waals surface area contributed by atoms with Crippen molar-refractivity contribution >= 4 is 17.1 Å². The summed E-state index contributed by atoms with van der Waals surface area (Å²) in [6.07, 6.45) is 3.32. The minimum absolute atomic E-state index is 0.188. The molecule has 0 amide bonds. The molecule has 32 heavy (non-hydrogen) atoms. The fourth-order valence-electron chi connectivity index (χ4n) is 4.02. The number of aromatic amines is 1. The number of hydrogen-bond donors (Lipinski definition) is 1. The van der Waals surface area contributed by atoms with E-state index in [0.717, 1.165) is 30.5 Å². The maximum atomic E-state index is 12.5. The van der Waals surface area contributed by atoms with Crippen LogP contribution in [0.25, 0.3) is 11.2 Å². The molecule has 1 fully saturated rings. The van der Waals surface area contributed by atoms with E-state index in [2.05, 4.69) is 25.9 Å². The second kappa shape index (κ2) is 9.92. The Morgan fingerprint density at radius 3 is 2.81 bits per heavy atom. The molecule has 170 valence electrons. The van der Waals surface area contributed by atoms with Crippen LogP contribution in [0.2, 0.25) is 0 Å². The zero-order valence-electron chi connectivity index (χ0n) is 18.2. The van der Waals surface area contributed by atoms with E-state index in [0.29, 0.717) is 37.5 Å². The Morgan fingerprint density at radius 2 is 2.03 bits per heavy atom. The van der Waals surface area contributed by atoms with Crippen molar-refractivity contribution < 1.29 is 19.0 Å². The van der Waals surface area contributed by atoms with E-state index >= 15 is 0 Å². The molecule has 3 aromatic rings. The first kappa shape index (κ1) is 22.0. The zero-order chi connectivity index (χ0) is 22.5. The van der Waals surface area contributed by atoms with Crippen molar-refractivity contribution in [3.8, 4) is 6.01 Å². The first-order chi connectivity index (χ1) is 15.6. The van der Waals surface area contributed by atoms with Gasteiger partial charge in [-0.2, -0.15) is 4.98 Å². The molecule has 1 aliphatic rings. The summed E-state index contributed by atoms with van der Waals surface area (Å²) < 4.78 is 17.0. The largest absolute Gasteiger partial charge is 0.468 e. The Kier molecular flexibility index (Phi) is 6.81. The van der Waals surface area contributed by atoms with Crippen molar-refractivity contribution in [2.45, 2.75) is 32.0 Å². The summed E-state index contributed by atoms with van der Waals surface area (Å²) in [5, 5.41) is 0. The van der Waals surface area contributed by atoms with Gasteiger partial charge < -0.3 is 19.2 Å². The van der Waals surface area contributed by atoms with Crippen LogP contribution in [-0.4, -0.2) is 70.4 Å². The number of carbonyl (C=O) groups excluding carboxylic acids is 1. The molecule has 1 N–H and O–H groups in total. The van der Waals surface area contributed by atoms with Crippen LogP contribution in [0.5, 0.6) is 6.01 Å². The molecule has 0 spiro atoms. The molecule has 2 aromatic heterocycles. The van der Waals surface area contributed by atoms with Crippen LogP contribution in [-0.2, 0) is 27.4 Å². The average molecular weight is 441 g/mol. The molecule has 0 radical (unpaired) electrons. The van der Waals surface area contributed by atoms with Gasteiger partial charge in [0.25, 0.3) is 0 Å². The third kappa shape index (κ3) is 4.81. The molecule has 4 rings (SSSR count). The molecule has 1 saturated heterocycles. The molecule has 1 atom stereocenters. The average Bonchev–Trinajstić information content (AvgIpc) is 3.38. The molecule has 3 heterocycles. The highest BCUT2D eigenvalue weighted by Crippen LogP contribution is 2.22. The van der Waals surface area contributed by atoms with E-state index in [9.17, 15) is 9.59 Å². The lowest BCUT2D eigenvalue weighted by Gasteiger charge is -2.22. The number of imidazole rings is 1. The molecule has 0 bridgehead atoms. The summed E-state index contributed by atoms with van der Waals surface area (Å²) in [7, 11) is 3.01. The van der Waals surface area contributed by atoms with E-state index in [1.54, 1.807) is 17.9 Å². The summed E-state index contributed by atoms with van der Waals surface area (Å²) in [5.41, 5.74) is 2.79. The van der Waals surface area contributed by atoms with Gasteiger partial charge in [0.2, 0.25) is 0 Å². The van der Waals surface area contributed by atoms with E-state index in [1.165, 1.54) is 7.11 Å². The van der Waals surface area contributed by atoms with E-state index in [-0.39, 0.29) is 23.7 Å². The van der Waals surface area contributed by atoms with Gasteiger partial charge in [0.1, 0.15) is 18.2 Å². The Bertz CT molecular complexity index is 1140. The molecule has 1 aliphatic heterocycles. The van der Waals surface area contributed by atoms with Crippen molar-refractivity contribution in [1.82, 2.24) is 24.4 Å². The Hall–Kier alpha value is -3.24. The number of esters is 1. The number of aromatic nitrogens is 4. The van der Waals surface area contributed by atoms with Crippen LogP contribution in [0.4, 0.5) is 0 Å². The number of ether oxygens (including phenoxy) is 3. The van der Waals surface area contributed by atoms with Crippen molar-refractivity contribution in [2.75, 3.05) is 34.0 Å². The number of fused-ring (bicyclic) bond motifs is 1. The van der Waals surface area contributed by atoms with Gasteiger partial charge in [-0.15, -0.1) is 0 Å². The fourth-order valence-corrected chi connectivity index (χ4v) is 4.02. The highest BCUT2D eigenvalue weighted by molar-refractivity contribution is 5.76. The summed E-state index contributed by atoms with van der Waals surface area (Å²) in [6, 6.07) is 8.00. The molecule has 1 unspecified atom stereocenters. The van der Waals surface area contributed by atoms with Crippen LogP contribution >= 0.6 is 0 Å². The third-order valence-electron chi connectivity index (χ3n) is 5.56. The number of hydrogen-bond acceptors (Lipinski definition) is 8. The monoisotopic (exact) mass is 441 g/mol. The molecule has 0 saturated carbocycles. The van der Waals surface area contributed by atoms with Gasteiger partial charge >= 0.3 is 17.7 Å². The minimum atomic E-state index is -0.265. The Labute approximate surface area is 185 Å². The third-order valence-corrected chi connectivity index (χ3v) is 5.56. The van der Waals surface area contributed by atoms with Crippen LogP contribution in [0.1, 0.15) is 24.0 Å². The number of rotatable bonds is 9. The number of nitrogens with zero attached hydrogens (tertiary/aromatic N) is 4. The quantitative estimate of drug-likeness (QED) is 0.391. The normalized spacial score (nSPS) is 16.5. The summed E-state index contributed by atoms with van der Waals surface area (Å²) >= 11 is 0. The first-order valence-corrected chi connectivity index (χ1v) is 10.6. The summed E-state index contributed by atoms with van der Waals surface area (Å²) in [6.45, 7) is 2.59. The van der Waals surface area contributed by atoms with E-state index < -0.39 is 0 Å². The number of likely N-dealkylation sites (tertiary alicyclic amines) is 1. The number of methoxy groups -OCH3 is 2. The lowest BCUT2D eigenvalue weighted by atomic mass is 10.1. The van der Waals surface area contributed by atoms with Gasteiger partial charge in [-0.1, -0.05) is 24.3 Å². The van der Waals surface area contributed by atoms with E-state index in [4.69, 9.17) is 14.2 Å². The Morgan fingerprint density at radius 1 is 1.22 bits per heavy atom. The van der Waals surface area contributed by atoms with Gasteiger partial charge in [0.15, 0.2) is 5.65 Å². The second-order valence-corrected chi connectivity index (χ2v) is 7.72. The van der Waals surface area contributed by atoms with Gasteiger partial charge in [0, 0.05) is 13.7 Å². The lowest BCUT2D eigenvalue weighted by Crippen LogP contribution is -2.36. The highest BCUT2D eigenvalue weighted by Gasteiger charge is 2.31. The summed E-state index contributed by atoms with van der Waals surface area (Å²) in [5.74, 6) is -0.188. The number of H-pyrrole nitrogens is 1.